The van der Waals surface area contributed by atoms with Crippen molar-refractivity contribution < 1.29 is 13.5 Å². The van der Waals surface area contributed by atoms with Crippen LogP contribution >= 0.6 is 11.6 Å². The number of hydrogen-bond donors (Lipinski definition) is 0. The Morgan fingerprint density at radius 2 is 1.95 bits per heavy atom. The maximum absolute atomic E-state index is 13.5. The van der Waals surface area contributed by atoms with Gasteiger partial charge in [-0.3, -0.25) is 0 Å². The zero-order valence-corrected chi connectivity index (χ0v) is 11.5. The molecule has 0 spiro atoms. The van der Waals surface area contributed by atoms with Gasteiger partial charge in [0.2, 0.25) is 5.82 Å². The van der Waals surface area contributed by atoms with Gasteiger partial charge in [-0.15, -0.1) is 0 Å². The fourth-order valence-corrected chi connectivity index (χ4v) is 2.60. The smallest absolute Gasteiger partial charge is 0.200 e. The van der Waals surface area contributed by atoms with Gasteiger partial charge < -0.3 is 4.74 Å². The highest BCUT2D eigenvalue weighted by molar-refractivity contribution is 6.29. The van der Waals surface area contributed by atoms with E-state index in [4.69, 9.17) is 16.3 Å². The summed E-state index contributed by atoms with van der Waals surface area (Å²) >= 11 is 5.75. The fraction of sp³-hybridized carbons (Fsp3) is 0.267. The van der Waals surface area contributed by atoms with E-state index in [1.54, 1.807) is 18.3 Å². The molecule has 2 atom stereocenters. The number of rotatable bonds is 3. The molecular formula is C15H12ClF2NO. The van der Waals surface area contributed by atoms with E-state index >= 15 is 0 Å². The summed E-state index contributed by atoms with van der Waals surface area (Å²) < 4.78 is 31.8. The van der Waals surface area contributed by atoms with Gasteiger partial charge in [-0.05, 0) is 47.6 Å². The van der Waals surface area contributed by atoms with E-state index in [1.807, 2.05) is 6.07 Å². The lowest BCUT2D eigenvalue weighted by Crippen LogP contribution is -1.95. The Morgan fingerprint density at radius 1 is 1.20 bits per heavy atom. The molecule has 0 amide bonds. The minimum Gasteiger partial charge on any atom is -0.494 e. The van der Waals surface area contributed by atoms with Crippen LogP contribution in [0.5, 0.6) is 5.75 Å². The Balaban J connectivity index is 1.86. The number of aromatic nitrogens is 1. The minimum absolute atomic E-state index is 0.0557. The van der Waals surface area contributed by atoms with Gasteiger partial charge in [0, 0.05) is 6.20 Å². The second-order valence-electron chi connectivity index (χ2n) is 4.88. The molecule has 0 unspecified atom stereocenters. The Morgan fingerprint density at radius 3 is 2.60 bits per heavy atom. The van der Waals surface area contributed by atoms with Gasteiger partial charge in [0.05, 0.1) is 7.11 Å². The number of ether oxygens (including phenoxy) is 1. The normalized spacial score (nSPS) is 20.8. The molecule has 104 valence electrons. The summed E-state index contributed by atoms with van der Waals surface area (Å²) in [4.78, 5) is 4.04. The Kier molecular flexibility index (Phi) is 3.34. The first-order valence-electron chi connectivity index (χ1n) is 6.24. The topological polar surface area (TPSA) is 22.1 Å². The third-order valence-electron chi connectivity index (χ3n) is 3.63. The van der Waals surface area contributed by atoms with Gasteiger partial charge in [0.25, 0.3) is 0 Å². The minimum atomic E-state index is -0.943. The van der Waals surface area contributed by atoms with Crippen LogP contribution < -0.4 is 4.74 Å². The standard InChI is InChI=1S/C15H12ClF2NO/c1-20-13-5-9(4-12(17)15(13)18)11-6-10(11)8-2-3-14(16)19-7-8/h2-5,7,10-11H,6H2,1H3/t10-,11-/m0/s1. The van der Waals surface area contributed by atoms with E-state index in [1.165, 1.54) is 13.2 Å². The Labute approximate surface area is 120 Å². The Hall–Kier alpha value is -1.68. The lowest BCUT2D eigenvalue weighted by atomic mass is 10.1. The molecule has 1 aliphatic rings. The SMILES string of the molecule is COc1cc([C@@H]2C[C@H]2c2ccc(Cl)nc2)cc(F)c1F. The van der Waals surface area contributed by atoms with Gasteiger partial charge in [0.15, 0.2) is 11.6 Å². The Bertz CT molecular complexity index is 645. The number of nitrogens with zero attached hydrogens (tertiary/aromatic N) is 1. The van der Waals surface area contributed by atoms with Crippen molar-refractivity contribution in [2.45, 2.75) is 18.3 Å². The van der Waals surface area contributed by atoms with Gasteiger partial charge in [-0.25, -0.2) is 9.37 Å². The fourth-order valence-electron chi connectivity index (χ4n) is 2.48. The van der Waals surface area contributed by atoms with Gasteiger partial charge in [-0.2, -0.15) is 4.39 Å². The maximum atomic E-state index is 13.5. The highest BCUT2D eigenvalue weighted by Gasteiger charge is 2.40. The lowest BCUT2D eigenvalue weighted by molar-refractivity contribution is 0.371. The van der Waals surface area contributed by atoms with Crippen LogP contribution in [0.1, 0.15) is 29.4 Å². The van der Waals surface area contributed by atoms with Crippen molar-refractivity contribution in [1.82, 2.24) is 4.98 Å². The molecule has 3 rings (SSSR count). The van der Waals surface area contributed by atoms with Crippen molar-refractivity contribution in [1.29, 1.82) is 0 Å². The van der Waals surface area contributed by atoms with E-state index < -0.39 is 11.6 Å². The second-order valence-corrected chi connectivity index (χ2v) is 5.27. The van der Waals surface area contributed by atoms with E-state index in [0.717, 1.165) is 17.5 Å². The van der Waals surface area contributed by atoms with Crippen LogP contribution in [0.4, 0.5) is 8.78 Å². The molecule has 2 nitrogen and oxygen atoms in total. The van der Waals surface area contributed by atoms with Crippen LogP contribution in [-0.4, -0.2) is 12.1 Å². The van der Waals surface area contributed by atoms with Gasteiger partial charge in [0.1, 0.15) is 5.15 Å². The summed E-state index contributed by atoms with van der Waals surface area (Å²) in [6.07, 6.45) is 2.61. The summed E-state index contributed by atoms with van der Waals surface area (Å²) in [5.41, 5.74) is 1.81. The number of methoxy groups -OCH3 is 1. The molecule has 0 bridgehead atoms. The number of pyridine rings is 1. The van der Waals surface area contributed by atoms with Crippen LogP contribution in [0.2, 0.25) is 5.15 Å². The molecule has 0 saturated heterocycles. The zero-order valence-electron chi connectivity index (χ0n) is 10.7. The van der Waals surface area contributed by atoms with Crippen LogP contribution in [-0.2, 0) is 0 Å². The molecule has 0 radical (unpaired) electrons. The predicted octanol–water partition coefficient (Wildman–Crippen LogP) is 4.29. The first-order chi connectivity index (χ1) is 9.60. The third kappa shape index (κ3) is 2.36. The van der Waals surface area contributed by atoms with Gasteiger partial charge in [-0.1, -0.05) is 17.7 Å². The summed E-state index contributed by atoms with van der Waals surface area (Å²) in [5, 5.41) is 0.445. The highest BCUT2D eigenvalue weighted by Crippen LogP contribution is 2.55. The van der Waals surface area contributed by atoms with Crippen molar-refractivity contribution in [3.63, 3.8) is 0 Å². The number of halogens is 3. The lowest BCUT2D eigenvalue weighted by Gasteiger charge is -2.07. The molecule has 1 fully saturated rings. The average molecular weight is 296 g/mol. The molecule has 2 aromatic rings. The molecular weight excluding hydrogens is 284 g/mol. The average Bonchev–Trinajstić information content (AvgIpc) is 3.23. The van der Waals surface area contributed by atoms with Crippen molar-refractivity contribution in [2.24, 2.45) is 0 Å². The molecule has 0 aliphatic heterocycles. The summed E-state index contributed by atoms with van der Waals surface area (Å²) in [6.45, 7) is 0. The van der Waals surface area contributed by atoms with Crippen LogP contribution in [0.15, 0.2) is 30.5 Å². The van der Waals surface area contributed by atoms with E-state index in [2.05, 4.69) is 4.98 Å². The molecule has 1 aromatic heterocycles. The van der Waals surface area contributed by atoms with Crippen LogP contribution in [0, 0.1) is 11.6 Å². The molecule has 1 heterocycles. The molecule has 5 heteroatoms. The quantitative estimate of drug-likeness (QED) is 0.788. The summed E-state index contributed by atoms with van der Waals surface area (Å²) in [6, 6.07) is 6.45. The largest absolute Gasteiger partial charge is 0.494 e. The number of hydrogen-bond acceptors (Lipinski definition) is 2. The first-order valence-corrected chi connectivity index (χ1v) is 6.62. The summed E-state index contributed by atoms with van der Waals surface area (Å²) in [5.74, 6) is -1.43. The monoisotopic (exact) mass is 295 g/mol. The second kappa shape index (κ2) is 5.02. The van der Waals surface area contributed by atoms with E-state index in [-0.39, 0.29) is 17.6 Å². The molecule has 1 saturated carbocycles. The van der Waals surface area contributed by atoms with E-state index in [0.29, 0.717) is 5.15 Å². The highest BCUT2D eigenvalue weighted by atomic mass is 35.5. The maximum Gasteiger partial charge on any atom is 0.200 e. The van der Waals surface area contributed by atoms with Crippen LogP contribution in [0.25, 0.3) is 0 Å². The molecule has 20 heavy (non-hydrogen) atoms. The number of benzene rings is 1. The summed E-state index contributed by atoms with van der Waals surface area (Å²) in [7, 11) is 1.33. The third-order valence-corrected chi connectivity index (χ3v) is 3.86. The van der Waals surface area contributed by atoms with Gasteiger partial charge >= 0.3 is 0 Å². The van der Waals surface area contributed by atoms with Crippen molar-refractivity contribution >= 4 is 11.6 Å². The molecule has 1 aliphatic carbocycles. The molecule has 0 N–H and O–H groups in total. The first kappa shape index (κ1) is 13.3. The predicted molar refractivity (Wildman–Crippen MR) is 72.3 cm³/mol. The van der Waals surface area contributed by atoms with Crippen molar-refractivity contribution in [2.75, 3.05) is 7.11 Å². The van der Waals surface area contributed by atoms with Crippen molar-refractivity contribution in [3.8, 4) is 5.75 Å². The molecule has 1 aromatic carbocycles. The zero-order chi connectivity index (χ0) is 14.3. The van der Waals surface area contributed by atoms with Crippen molar-refractivity contribution in [3.05, 3.63) is 58.4 Å². The van der Waals surface area contributed by atoms with E-state index in [9.17, 15) is 8.78 Å². The van der Waals surface area contributed by atoms with Crippen LogP contribution in [0.3, 0.4) is 0 Å².